The lowest BCUT2D eigenvalue weighted by atomic mass is 10.1. The lowest BCUT2D eigenvalue weighted by Crippen LogP contribution is -2.56. The summed E-state index contributed by atoms with van der Waals surface area (Å²) in [7, 11) is 1.15. The van der Waals surface area contributed by atoms with Gasteiger partial charge in [0.15, 0.2) is 6.04 Å². The molecule has 0 bridgehead atoms. The second kappa shape index (κ2) is 7.91. The Balaban J connectivity index is 1.89. The van der Waals surface area contributed by atoms with Crippen LogP contribution in [0.5, 0.6) is 0 Å². The fourth-order valence-corrected chi connectivity index (χ4v) is 2.84. The van der Waals surface area contributed by atoms with Gasteiger partial charge in [-0.3, -0.25) is 9.59 Å². The highest BCUT2D eigenvalue weighted by molar-refractivity contribution is 6.21. The molecular weight excluding hydrogens is 364 g/mol. The number of esters is 1. The number of methoxy groups -OCH3 is 1. The minimum atomic E-state index is -1.25. The Kier molecular flexibility index (Phi) is 5.39. The maximum Gasteiger partial charge on any atom is 0.430 e. The van der Waals surface area contributed by atoms with Crippen LogP contribution in [0.4, 0.5) is 4.79 Å². The smallest absolute Gasteiger partial charge is 0.430 e. The van der Waals surface area contributed by atoms with E-state index in [2.05, 4.69) is 4.74 Å². The Morgan fingerprint density at radius 3 is 2.04 bits per heavy atom. The van der Waals surface area contributed by atoms with Crippen LogP contribution in [0.15, 0.2) is 54.6 Å². The van der Waals surface area contributed by atoms with Crippen molar-refractivity contribution >= 4 is 23.9 Å². The van der Waals surface area contributed by atoms with Gasteiger partial charge in [0.25, 0.3) is 11.8 Å². The number of benzene rings is 2. The third-order valence-electron chi connectivity index (χ3n) is 4.29. The monoisotopic (exact) mass is 382 g/mol. The maximum absolute atomic E-state index is 12.8. The fraction of sp³-hybridized carbons (Fsp3) is 0.200. The highest BCUT2D eigenvalue weighted by Gasteiger charge is 2.45. The molecule has 8 nitrogen and oxygen atoms in total. The fourth-order valence-electron chi connectivity index (χ4n) is 2.84. The zero-order valence-corrected chi connectivity index (χ0v) is 15.3. The molecule has 3 rings (SSSR count). The predicted octanol–water partition coefficient (Wildman–Crippen LogP) is 2.40. The Bertz CT molecular complexity index is 892. The molecule has 1 aliphatic rings. The molecule has 0 aliphatic carbocycles. The van der Waals surface area contributed by atoms with Gasteiger partial charge in [-0.1, -0.05) is 42.5 Å². The quantitative estimate of drug-likeness (QED) is 0.582. The van der Waals surface area contributed by atoms with Gasteiger partial charge in [0, 0.05) is 0 Å². The second-order valence-electron chi connectivity index (χ2n) is 6.05. The van der Waals surface area contributed by atoms with E-state index in [1.807, 2.05) is 6.07 Å². The first-order valence-electron chi connectivity index (χ1n) is 8.51. The van der Waals surface area contributed by atoms with Crippen molar-refractivity contribution in [2.75, 3.05) is 7.11 Å². The van der Waals surface area contributed by atoms with Crippen molar-refractivity contribution in [3.05, 3.63) is 71.3 Å². The summed E-state index contributed by atoms with van der Waals surface area (Å²) < 4.78 is 9.92. The van der Waals surface area contributed by atoms with Crippen LogP contribution >= 0.6 is 0 Å². The van der Waals surface area contributed by atoms with E-state index in [-0.39, 0.29) is 17.7 Å². The molecule has 0 aromatic heterocycles. The SMILES string of the molecule is COC(=O)C(C)N(C(=O)OCc1ccccc1)N1C(=O)c2ccccc2C1=O. The Morgan fingerprint density at radius 1 is 0.964 bits per heavy atom. The van der Waals surface area contributed by atoms with Crippen molar-refractivity contribution in [1.29, 1.82) is 0 Å². The summed E-state index contributed by atoms with van der Waals surface area (Å²) in [6, 6.07) is 13.8. The van der Waals surface area contributed by atoms with Gasteiger partial charge in [-0.25, -0.2) is 9.59 Å². The van der Waals surface area contributed by atoms with Crippen LogP contribution in [0.1, 0.15) is 33.2 Å². The second-order valence-corrected chi connectivity index (χ2v) is 6.05. The Hall–Kier alpha value is -3.68. The molecule has 0 fully saturated rings. The molecule has 1 unspecified atom stereocenters. The molecule has 0 radical (unpaired) electrons. The Morgan fingerprint density at radius 2 is 1.50 bits per heavy atom. The van der Waals surface area contributed by atoms with Crippen LogP contribution < -0.4 is 0 Å². The topological polar surface area (TPSA) is 93.2 Å². The van der Waals surface area contributed by atoms with Crippen LogP contribution in [-0.4, -0.2) is 47.0 Å². The highest BCUT2D eigenvalue weighted by Crippen LogP contribution is 2.26. The number of fused-ring (bicyclic) bond motifs is 1. The minimum absolute atomic E-state index is 0.0900. The third-order valence-corrected chi connectivity index (χ3v) is 4.29. The number of hydrogen-bond donors (Lipinski definition) is 0. The summed E-state index contributed by atoms with van der Waals surface area (Å²) in [4.78, 5) is 50.3. The highest BCUT2D eigenvalue weighted by atomic mass is 16.6. The van der Waals surface area contributed by atoms with E-state index in [1.165, 1.54) is 19.1 Å². The molecule has 2 aromatic rings. The van der Waals surface area contributed by atoms with Crippen LogP contribution in [0.3, 0.4) is 0 Å². The van der Waals surface area contributed by atoms with Crippen molar-refractivity contribution in [3.63, 3.8) is 0 Å². The standard InChI is InChI=1S/C20H18N2O6/c1-13(19(25)27-2)21(20(26)28-12-14-8-4-3-5-9-14)22-17(23)15-10-6-7-11-16(15)18(22)24/h3-11,13H,12H2,1-2H3. The van der Waals surface area contributed by atoms with Gasteiger partial charge in [0.2, 0.25) is 0 Å². The molecule has 3 amide bonds. The number of carbonyl (C=O) groups is 4. The molecule has 0 saturated heterocycles. The molecule has 144 valence electrons. The first-order valence-corrected chi connectivity index (χ1v) is 8.51. The van der Waals surface area contributed by atoms with Gasteiger partial charge in [0.1, 0.15) is 6.61 Å². The zero-order chi connectivity index (χ0) is 20.3. The minimum Gasteiger partial charge on any atom is -0.467 e. The number of hydrogen-bond acceptors (Lipinski definition) is 6. The Labute approximate surface area is 161 Å². The van der Waals surface area contributed by atoms with E-state index in [0.29, 0.717) is 15.6 Å². The van der Waals surface area contributed by atoms with Crippen LogP contribution in [0, 0.1) is 0 Å². The number of ether oxygens (including phenoxy) is 2. The van der Waals surface area contributed by atoms with E-state index >= 15 is 0 Å². The average Bonchev–Trinajstić information content (AvgIpc) is 2.98. The van der Waals surface area contributed by atoms with Gasteiger partial charge in [-0.15, -0.1) is 0 Å². The van der Waals surface area contributed by atoms with Gasteiger partial charge in [-0.2, -0.15) is 10.0 Å². The molecular formula is C20H18N2O6. The van der Waals surface area contributed by atoms with E-state index in [1.54, 1.807) is 36.4 Å². The van der Waals surface area contributed by atoms with Crippen molar-refractivity contribution in [2.24, 2.45) is 0 Å². The molecule has 0 saturated carbocycles. The molecule has 2 aromatic carbocycles. The largest absolute Gasteiger partial charge is 0.467 e. The van der Waals surface area contributed by atoms with Crippen molar-refractivity contribution in [3.8, 4) is 0 Å². The number of hydrazine groups is 1. The summed E-state index contributed by atoms with van der Waals surface area (Å²) in [5, 5.41) is 1.32. The van der Waals surface area contributed by atoms with Gasteiger partial charge < -0.3 is 9.47 Å². The lowest BCUT2D eigenvalue weighted by molar-refractivity contribution is -0.149. The van der Waals surface area contributed by atoms with Gasteiger partial charge in [0.05, 0.1) is 18.2 Å². The molecule has 1 aliphatic heterocycles. The lowest BCUT2D eigenvalue weighted by Gasteiger charge is -2.32. The number of imide groups is 1. The molecule has 8 heteroatoms. The molecule has 0 N–H and O–H groups in total. The number of rotatable bonds is 5. The van der Waals surface area contributed by atoms with Crippen LogP contribution in [0.2, 0.25) is 0 Å². The number of carbonyl (C=O) groups excluding carboxylic acids is 4. The van der Waals surface area contributed by atoms with E-state index < -0.39 is 29.9 Å². The van der Waals surface area contributed by atoms with Crippen LogP contribution in [-0.2, 0) is 20.9 Å². The van der Waals surface area contributed by atoms with Crippen molar-refractivity contribution in [2.45, 2.75) is 19.6 Å². The van der Waals surface area contributed by atoms with Gasteiger partial charge in [-0.05, 0) is 24.6 Å². The zero-order valence-electron chi connectivity index (χ0n) is 15.3. The normalized spacial score (nSPS) is 13.7. The van der Waals surface area contributed by atoms with E-state index in [4.69, 9.17) is 4.74 Å². The summed E-state index contributed by atoms with van der Waals surface area (Å²) in [6.07, 6.45) is -1.02. The third kappa shape index (κ3) is 3.44. The first kappa shape index (κ1) is 19.1. The van der Waals surface area contributed by atoms with E-state index in [0.717, 1.165) is 7.11 Å². The molecule has 1 atom stereocenters. The number of nitrogens with zero attached hydrogens (tertiary/aromatic N) is 2. The number of amides is 3. The van der Waals surface area contributed by atoms with Crippen molar-refractivity contribution < 1.29 is 28.7 Å². The predicted molar refractivity (Wildman–Crippen MR) is 96.9 cm³/mol. The summed E-state index contributed by atoms with van der Waals surface area (Å²) >= 11 is 0. The summed E-state index contributed by atoms with van der Waals surface area (Å²) in [5.41, 5.74) is 1.000. The average molecular weight is 382 g/mol. The first-order chi connectivity index (χ1) is 13.5. The molecule has 1 heterocycles. The van der Waals surface area contributed by atoms with Crippen molar-refractivity contribution in [1.82, 2.24) is 10.0 Å². The summed E-state index contributed by atoms with van der Waals surface area (Å²) in [6.45, 7) is 1.26. The van der Waals surface area contributed by atoms with E-state index in [9.17, 15) is 19.2 Å². The van der Waals surface area contributed by atoms with Gasteiger partial charge >= 0.3 is 12.1 Å². The van der Waals surface area contributed by atoms with Crippen LogP contribution in [0.25, 0.3) is 0 Å². The molecule has 28 heavy (non-hydrogen) atoms. The molecule has 0 spiro atoms. The maximum atomic E-state index is 12.8. The summed E-state index contributed by atoms with van der Waals surface area (Å²) in [5.74, 6) is -2.23.